The second-order valence-electron chi connectivity index (χ2n) is 5.98. The third-order valence-electron chi connectivity index (χ3n) is 3.88. The molecule has 0 N–H and O–H groups in total. The lowest BCUT2D eigenvalue weighted by Crippen LogP contribution is -2.12. The fraction of sp³-hybridized carbons (Fsp3) is 0.167. The van der Waals surface area contributed by atoms with Gasteiger partial charge in [0, 0.05) is 22.2 Å². The number of Topliss-reactive ketones (excluding diaryl/α,β-unsaturated/α-hetero) is 1. The summed E-state index contributed by atoms with van der Waals surface area (Å²) in [6, 6.07) is 7.60. The number of halogens is 1. The summed E-state index contributed by atoms with van der Waals surface area (Å²) in [5.41, 5.74) is 1.67. The lowest BCUT2D eigenvalue weighted by Gasteiger charge is -2.20. The molecular formula is C18H13ClO7S. The van der Waals surface area contributed by atoms with E-state index in [0.717, 1.165) is 11.8 Å². The summed E-state index contributed by atoms with van der Waals surface area (Å²) >= 11 is 6.14. The molecule has 27 heavy (non-hydrogen) atoms. The standard InChI is InChI=1S/C18H13ClO7S/c1-27(21,22)26-13-2-3-14-15(7-13)25-16(17(14)20)6-10-4-12(19)5-11-8-23-9-24-18(10)11/h2-7H,8-9H2,1H3. The first kappa shape index (κ1) is 17.8. The van der Waals surface area contributed by atoms with Crippen LogP contribution < -0.4 is 13.7 Å². The molecule has 2 aromatic rings. The fourth-order valence-corrected chi connectivity index (χ4v) is 3.55. The number of ether oxygens (including phenoxy) is 3. The van der Waals surface area contributed by atoms with Crippen molar-refractivity contribution in [2.45, 2.75) is 6.61 Å². The van der Waals surface area contributed by atoms with Gasteiger partial charge in [0.1, 0.15) is 17.2 Å². The van der Waals surface area contributed by atoms with Crippen LogP contribution in [-0.4, -0.2) is 27.2 Å². The lowest BCUT2D eigenvalue weighted by molar-refractivity contribution is -0.0165. The van der Waals surface area contributed by atoms with Crippen molar-refractivity contribution in [2.24, 2.45) is 0 Å². The van der Waals surface area contributed by atoms with Crippen LogP contribution in [0.5, 0.6) is 17.2 Å². The number of benzene rings is 2. The zero-order chi connectivity index (χ0) is 19.2. The molecule has 140 valence electrons. The zero-order valence-corrected chi connectivity index (χ0v) is 15.6. The summed E-state index contributed by atoms with van der Waals surface area (Å²) in [5, 5.41) is 0.474. The Balaban J connectivity index is 1.70. The van der Waals surface area contributed by atoms with Gasteiger partial charge in [-0.15, -0.1) is 0 Å². The van der Waals surface area contributed by atoms with Crippen LogP contribution in [0.4, 0.5) is 0 Å². The van der Waals surface area contributed by atoms with Crippen LogP contribution in [0.2, 0.25) is 5.02 Å². The number of allylic oxidation sites excluding steroid dienone is 1. The summed E-state index contributed by atoms with van der Waals surface area (Å²) in [5.74, 6) is 0.586. The molecule has 0 saturated carbocycles. The van der Waals surface area contributed by atoms with E-state index >= 15 is 0 Å². The van der Waals surface area contributed by atoms with Gasteiger partial charge in [-0.05, 0) is 30.3 Å². The molecular weight excluding hydrogens is 396 g/mol. The van der Waals surface area contributed by atoms with Gasteiger partial charge in [-0.25, -0.2) is 0 Å². The van der Waals surface area contributed by atoms with Gasteiger partial charge >= 0.3 is 10.1 Å². The largest absolute Gasteiger partial charge is 0.467 e. The highest BCUT2D eigenvalue weighted by atomic mass is 35.5. The molecule has 0 aromatic heterocycles. The molecule has 2 aliphatic rings. The van der Waals surface area contributed by atoms with E-state index in [1.54, 1.807) is 12.1 Å². The first-order chi connectivity index (χ1) is 12.8. The molecule has 0 spiro atoms. The van der Waals surface area contributed by atoms with Gasteiger partial charge in [0.05, 0.1) is 18.4 Å². The number of hydrogen-bond acceptors (Lipinski definition) is 7. The molecule has 2 heterocycles. The molecule has 9 heteroatoms. The maximum absolute atomic E-state index is 12.6. The van der Waals surface area contributed by atoms with E-state index in [1.807, 2.05) is 0 Å². The van der Waals surface area contributed by atoms with Crippen molar-refractivity contribution in [3.8, 4) is 17.2 Å². The number of rotatable bonds is 3. The average Bonchev–Trinajstić information content (AvgIpc) is 2.88. The first-order valence-corrected chi connectivity index (χ1v) is 10.0. The van der Waals surface area contributed by atoms with Gasteiger partial charge in [0.2, 0.25) is 5.78 Å². The van der Waals surface area contributed by atoms with E-state index < -0.39 is 10.1 Å². The van der Waals surface area contributed by atoms with Crippen LogP contribution in [-0.2, 0) is 21.5 Å². The number of ketones is 1. The molecule has 0 bridgehead atoms. The molecule has 0 unspecified atom stereocenters. The van der Waals surface area contributed by atoms with E-state index in [1.165, 1.54) is 24.3 Å². The second kappa shape index (κ2) is 6.56. The van der Waals surface area contributed by atoms with Crippen LogP contribution in [0.3, 0.4) is 0 Å². The Hall–Kier alpha value is -2.55. The Morgan fingerprint density at radius 1 is 1.22 bits per heavy atom. The molecule has 7 nitrogen and oxygen atoms in total. The minimum Gasteiger partial charge on any atom is -0.467 e. The Bertz CT molecular complexity index is 1090. The van der Waals surface area contributed by atoms with Crippen molar-refractivity contribution in [3.63, 3.8) is 0 Å². The fourth-order valence-electron chi connectivity index (χ4n) is 2.85. The minimum atomic E-state index is -3.68. The van der Waals surface area contributed by atoms with E-state index in [9.17, 15) is 13.2 Å². The predicted molar refractivity (Wildman–Crippen MR) is 96.6 cm³/mol. The molecule has 0 aliphatic carbocycles. The molecule has 0 atom stereocenters. The van der Waals surface area contributed by atoms with Crippen LogP contribution in [0, 0.1) is 0 Å². The Labute approximate surface area is 160 Å². The highest BCUT2D eigenvalue weighted by Gasteiger charge is 2.29. The van der Waals surface area contributed by atoms with E-state index in [-0.39, 0.29) is 29.8 Å². The van der Waals surface area contributed by atoms with Crippen molar-refractivity contribution < 1.29 is 31.6 Å². The molecule has 2 aliphatic heterocycles. The third kappa shape index (κ3) is 3.64. The van der Waals surface area contributed by atoms with Crippen LogP contribution in [0.15, 0.2) is 36.1 Å². The molecule has 0 amide bonds. The maximum atomic E-state index is 12.6. The minimum absolute atomic E-state index is 0.0610. The normalized spacial score (nSPS) is 17.1. The average molecular weight is 409 g/mol. The van der Waals surface area contributed by atoms with Gasteiger partial charge < -0.3 is 18.4 Å². The number of carbonyl (C=O) groups excluding carboxylic acids is 1. The number of fused-ring (bicyclic) bond motifs is 2. The van der Waals surface area contributed by atoms with Crippen molar-refractivity contribution >= 4 is 33.6 Å². The number of hydrogen-bond donors (Lipinski definition) is 0. The first-order valence-electron chi connectivity index (χ1n) is 7.81. The van der Waals surface area contributed by atoms with Crippen molar-refractivity contribution in [1.82, 2.24) is 0 Å². The summed E-state index contributed by atoms with van der Waals surface area (Å²) < 4.78 is 43.7. The highest BCUT2D eigenvalue weighted by molar-refractivity contribution is 7.86. The van der Waals surface area contributed by atoms with E-state index in [2.05, 4.69) is 0 Å². The maximum Gasteiger partial charge on any atom is 0.306 e. The van der Waals surface area contributed by atoms with E-state index in [4.69, 9.17) is 30.0 Å². The number of carbonyl (C=O) groups is 1. The second-order valence-corrected chi connectivity index (χ2v) is 7.99. The summed E-state index contributed by atoms with van der Waals surface area (Å²) in [4.78, 5) is 12.6. The lowest BCUT2D eigenvalue weighted by atomic mass is 10.1. The molecule has 2 aromatic carbocycles. The molecule has 4 rings (SSSR count). The summed E-state index contributed by atoms with van der Waals surface area (Å²) in [6.45, 7) is 0.458. The Morgan fingerprint density at radius 2 is 2.04 bits per heavy atom. The SMILES string of the molecule is CS(=O)(=O)Oc1ccc2c(c1)OC(=Cc1cc(Cl)cc3c1OCOC3)C2=O. The van der Waals surface area contributed by atoms with E-state index in [0.29, 0.717) is 28.5 Å². The molecule has 0 saturated heterocycles. The van der Waals surface area contributed by atoms with Crippen LogP contribution in [0.1, 0.15) is 21.5 Å². The highest BCUT2D eigenvalue weighted by Crippen LogP contribution is 2.38. The topological polar surface area (TPSA) is 88.1 Å². The van der Waals surface area contributed by atoms with Crippen LogP contribution in [0.25, 0.3) is 6.08 Å². The van der Waals surface area contributed by atoms with Gasteiger partial charge in [-0.1, -0.05) is 11.6 Å². The van der Waals surface area contributed by atoms with Crippen molar-refractivity contribution in [2.75, 3.05) is 13.0 Å². The zero-order valence-electron chi connectivity index (χ0n) is 14.0. The summed E-state index contributed by atoms with van der Waals surface area (Å²) in [7, 11) is -3.68. The van der Waals surface area contributed by atoms with Crippen molar-refractivity contribution in [3.05, 3.63) is 57.8 Å². The monoisotopic (exact) mass is 408 g/mol. The van der Waals surface area contributed by atoms with Gasteiger partial charge in [0.15, 0.2) is 12.6 Å². The van der Waals surface area contributed by atoms with Gasteiger partial charge in [-0.2, -0.15) is 8.42 Å². The quantitative estimate of drug-likeness (QED) is 0.569. The van der Waals surface area contributed by atoms with Gasteiger partial charge in [0.25, 0.3) is 0 Å². The molecule has 0 fully saturated rings. The Kier molecular flexibility index (Phi) is 4.33. The Morgan fingerprint density at radius 3 is 2.81 bits per heavy atom. The van der Waals surface area contributed by atoms with Crippen LogP contribution >= 0.6 is 11.6 Å². The van der Waals surface area contributed by atoms with Gasteiger partial charge in [-0.3, -0.25) is 4.79 Å². The smallest absolute Gasteiger partial charge is 0.306 e. The third-order valence-corrected chi connectivity index (χ3v) is 4.59. The predicted octanol–water partition coefficient (Wildman–Crippen LogP) is 3.16. The molecule has 0 radical (unpaired) electrons. The van der Waals surface area contributed by atoms with Crippen molar-refractivity contribution in [1.29, 1.82) is 0 Å². The summed E-state index contributed by atoms with van der Waals surface area (Å²) in [6.07, 6.45) is 2.47.